The van der Waals surface area contributed by atoms with Gasteiger partial charge in [0.2, 0.25) is 5.95 Å². The maximum atomic E-state index is 13.5. The van der Waals surface area contributed by atoms with Crippen LogP contribution in [0.5, 0.6) is 5.75 Å². The number of H-pyrrole nitrogens is 1. The molecule has 2 amide bonds. The highest BCUT2D eigenvalue weighted by molar-refractivity contribution is 5.87. The van der Waals surface area contributed by atoms with Crippen molar-refractivity contribution >= 4 is 12.0 Å². The first kappa shape index (κ1) is 15.3. The van der Waals surface area contributed by atoms with Crippen molar-refractivity contribution in [2.24, 2.45) is 5.92 Å². The van der Waals surface area contributed by atoms with Gasteiger partial charge in [-0.3, -0.25) is 5.32 Å². The number of urea groups is 1. The van der Waals surface area contributed by atoms with E-state index in [-0.39, 0.29) is 23.5 Å². The average Bonchev–Trinajstić information content (AvgIpc) is 3.07. The normalized spacial score (nSPS) is 17.8. The zero-order valence-corrected chi connectivity index (χ0v) is 12.5. The molecule has 1 aromatic carbocycles. The van der Waals surface area contributed by atoms with E-state index in [1.165, 1.54) is 12.4 Å². The third-order valence-electron chi connectivity index (χ3n) is 3.76. The minimum Gasteiger partial charge on any atom is -0.490 e. The highest BCUT2D eigenvalue weighted by Crippen LogP contribution is 2.21. The van der Waals surface area contributed by atoms with Gasteiger partial charge in [-0.2, -0.15) is 10.1 Å². The third-order valence-corrected chi connectivity index (χ3v) is 3.76. The number of amides is 2. The number of hydrogen-bond acceptors (Lipinski definition) is 4. The first-order valence-electron chi connectivity index (χ1n) is 7.51. The Morgan fingerprint density at radius 2 is 2.35 bits per heavy atom. The minimum absolute atomic E-state index is 0.170. The van der Waals surface area contributed by atoms with Crippen LogP contribution in [-0.4, -0.2) is 45.8 Å². The van der Waals surface area contributed by atoms with E-state index in [1.54, 1.807) is 23.1 Å². The van der Waals surface area contributed by atoms with Crippen molar-refractivity contribution < 1.29 is 13.9 Å². The molecule has 1 aliphatic heterocycles. The predicted octanol–water partition coefficient (Wildman–Crippen LogP) is 2.27. The Morgan fingerprint density at radius 3 is 3.13 bits per heavy atom. The molecule has 1 unspecified atom stereocenters. The summed E-state index contributed by atoms with van der Waals surface area (Å²) in [7, 11) is 0. The lowest BCUT2D eigenvalue weighted by atomic mass is 9.99. The minimum atomic E-state index is -0.372. The number of aromatic nitrogens is 3. The molecule has 2 aromatic rings. The number of carbonyl (C=O) groups is 1. The van der Waals surface area contributed by atoms with E-state index in [1.807, 2.05) is 0 Å². The molecule has 8 heteroatoms. The SMILES string of the molecule is O=C(Nc1ncn[nH]1)N1CCCC(COc2ccccc2F)C1. The summed E-state index contributed by atoms with van der Waals surface area (Å²) in [6.07, 6.45) is 3.16. The van der Waals surface area contributed by atoms with Gasteiger partial charge in [0.05, 0.1) is 6.61 Å². The number of piperidine rings is 1. The number of nitrogens with one attached hydrogen (secondary N) is 2. The van der Waals surface area contributed by atoms with Crippen LogP contribution in [0.2, 0.25) is 0 Å². The average molecular weight is 319 g/mol. The first-order valence-corrected chi connectivity index (χ1v) is 7.51. The zero-order chi connectivity index (χ0) is 16.1. The number of likely N-dealkylation sites (tertiary alicyclic amines) is 1. The Morgan fingerprint density at radius 1 is 1.48 bits per heavy atom. The molecule has 0 spiro atoms. The van der Waals surface area contributed by atoms with Crippen molar-refractivity contribution in [1.82, 2.24) is 20.1 Å². The molecule has 1 aliphatic rings. The zero-order valence-electron chi connectivity index (χ0n) is 12.5. The summed E-state index contributed by atoms with van der Waals surface area (Å²) < 4.78 is 19.1. The molecule has 1 fully saturated rings. The van der Waals surface area contributed by atoms with Gasteiger partial charge in [-0.25, -0.2) is 14.3 Å². The van der Waals surface area contributed by atoms with Gasteiger partial charge in [0.25, 0.3) is 0 Å². The van der Waals surface area contributed by atoms with Crippen molar-refractivity contribution in [3.05, 3.63) is 36.4 Å². The second-order valence-electron chi connectivity index (χ2n) is 5.46. The summed E-state index contributed by atoms with van der Waals surface area (Å²) in [4.78, 5) is 17.7. The van der Waals surface area contributed by atoms with Crippen LogP contribution in [0, 0.1) is 11.7 Å². The van der Waals surface area contributed by atoms with E-state index in [0.717, 1.165) is 12.8 Å². The molecule has 2 heterocycles. The van der Waals surface area contributed by atoms with Crippen molar-refractivity contribution in [1.29, 1.82) is 0 Å². The lowest BCUT2D eigenvalue weighted by molar-refractivity contribution is 0.143. The monoisotopic (exact) mass is 319 g/mol. The fraction of sp³-hybridized carbons (Fsp3) is 0.400. The van der Waals surface area contributed by atoms with E-state index in [9.17, 15) is 9.18 Å². The Labute approximate surface area is 132 Å². The van der Waals surface area contributed by atoms with E-state index >= 15 is 0 Å². The number of ether oxygens (including phenoxy) is 1. The number of para-hydroxylation sites is 1. The lowest BCUT2D eigenvalue weighted by Gasteiger charge is -2.32. The molecular formula is C15H18FN5O2. The quantitative estimate of drug-likeness (QED) is 0.905. The molecule has 3 rings (SSSR count). The Kier molecular flexibility index (Phi) is 4.70. The molecule has 23 heavy (non-hydrogen) atoms. The fourth-order valence-electron chi connectivity index (χ4n) is 2.60. The maximum Gasteiger partial charge on any atom is 0.324 e. The van der Waals surface area contributed by atoms with Gasteiger partial charge in [0.15, 0.2) is 11.6 Å². The number of carbonyl (C=O) groups excluding carboxylic acids is 1. The van der Waals surface area contributed by atoms with Crippen LogP contribution in [0.25, 0.3) is 0 Å². The number of nitrogens with zero attached hydrogens (tertiary/aromatic N) is 3. The molecule has 0 radical (unpaired) electrons. The van der Waals surface area contributed by atoms with E-state index in [0.29, 0.717) is 25.6 Å². The third kappa shape index (κ3) is 3.97. The van der Waals surface area contributed by atoms with E-state index < -0.39 is 0 Å². The van der Waals surface area contributed by atoms with Gasteiger partial charge >= 0.3 is 6.03 Å². The molecule has 2 N–H and O–H groups in total. The highest BCUT2D eigenvalue weighted by Gasteiger charge is 2.24. The van der Waals surface area contributed by atoms with Gasteiger partial charge in [0.1, 0.15) is 6.33 Å². The molecular weight excluding hydrogens is 301 g/mol. The number of rotatable bonds is 4. The summed E-state index contributed by atoms with van der Waals surface area (Å²) in [5, 5.41) is 8.92. The Bertz CT molecular complexity index is 649. The summed E-state index contributed by atoms with van der Waals surface area (Å²) in [5.74, 6) is 0.363. The fourth-order valence-corrected chi connectivity index (χ4v) is 2.60. The van der Waals surface area contributed by atoms with Gasteiger partial charge in [-0.1, -0.05) is 12.1 Å². The lowest BCUT2D eigenvalue weighted by Crippen LogP contribution is -2.43. The summed E-state index contributed by atoms with van der Waals surface area (Å²) >= 11 is 0. The van der Waals surface area contributed by atoms with Crippen LogP contribution in [0.1, 0.15) is 12.8 Å². The Hall–Kier alpha value is -2.64. The number of halogens is 1. The van der Waals surface area contributed by atoms with Crippen molar-refractivity contribution in [3.8, 4) is 5.75 Å². The molecule has 122 valence electrons. The van der Waals surface area contributed by atoms with E-state index in [4.69, 9.17) is 4.74 Å². The molecule has 1 aromatic heterocycles. The molecule has 0 bridgehead atoms. The second-order valence-corrected chi connectivity index (χ2v) is 5.46. The van der Waals surface area contributed by atoms with Gasteiger partial charge < -0.3 is 9.64 Å². The summed E-state index contributed by atoms with van der Waals surface area (Å²) in [6, 6.07) is 6.10. The van der Waals surface area contributed by atoms with Crippen LogP contribution < -0.4 is 10.1 Å². The van der Waals surface area contributed by atoms with E-state index in [2.05, 4.69) is 20.5 Å². The van der Waals surface area contributed by atoms with Crippen LogP contribution in [-0.2, 0) is 0 Å². The van der Waals surface area contributed by atoms with Crippen molar-refractivity contribution in [3.63, 3.8) is 0 Å². The van der Waals surface area contributed by atoms with Crippen molar-refractivity contribution in [2.45, 2.75) is 12.8 Å². The van der Waals surface area contributed by atoms with Gasteiger partial charge in [0, 0.05) is 19.0 Å². The molecule has 0 saturated carbocycles. The Balaban J connectivity index is 1.52. The highest BCUT2D eigenvalue weighted by atomic mass is 19.1. The van der Waals surface area contributed by atoms with Crippen LogP contribution in [0.4, 0.5) is 15.1 Å². The predicted molar refractivity (Wildman–Crippen MR) is 81.6 cm³/mol. The number of anilines is 1. The van der Waals surface area contributed by atoms with Gasteiger partial charge in [-0.05, 0) is 25.0 Å². The number of hydrogen-bond donors (Lipinski definition) is 2. The molecule has 7 nitrogen and oxygen atoms in total. The first-order chi connectivity index (χ1) is 11.2. The second kappa shape index (κ2) is 7.08. The van der Waals surface area contributed by atoms with Gasteiger partial charge in [-0.15, -0.1) is 0 Å². The molecule has 0 aliphatic carbocycles. The summed E-state index contributed by atoms with van der Waals surface area (Å²) in [6.45, 7) is 1.62. The largest absolute Gasteiger partial charge is 0.490 e. The smallest absolute Gasteiger partial charge is 0.324 e. The van der Waals surface area contributed by atoms with Crippen LogP contribution >= 0.6 is 0 Å². The van der Waals surface area contributed by atoms with Crippen LogP contribution in [0.15, 0.2) is 30.6 Å². The maximum absolute atomic E-state index is 13.5. The summed E-state index contributed by atoms with van der Waals surface area (Å²) in [5.41, 5.74) is 0. The molecule has 1 saturated heterocycles. The van der Waals surface area contributed by atoms with Crippen molar-refractivity contribution in [2.75, 3.05) is 25.0 Å². The van der Waals surface area contributed by atoms with Crippen LogP contribution in [0.3, 0.4) is 0 Å². The molecule has 1 atom stereocenters. The standard InChI is InChI=1S/C15H18FN5O2/c16-12-5-1-2-6-13(12)23-9-11-4-3-7-21(8-11)15(22)19-14-17-10-18-20-14/h1-2,5-6,10-11H,3-4,7-9H2,(H2,17,18,19,20,22). The number of aromatic amines is 1. The number of benzene rings is 1. The topological polar surface area (TPSA) is 83.1 Å².